The summed E-state index contributed by atoms with van der Waals surface area (Å²) in [7, 11) is 1.55. The van der Waals surface area contributed by atoms with Gasteiger partial charge in [0, 0.05) is 30.5 Å². The van der Waals surface area contributed by atoms with E-state index < -0.39 is 0 Å². The van der Waals surface area contributed by atoms with Crippen LogP contribution in [0.1, 0.15) is 26.3 Å². The molecule has 122 valence electrons. The molecular weight excluding hydrogens is 306 g/mol. The second-order valence-corrected chi connectivity index (χ2v) is 4.98. The Balaban J connectivity index is 2.08. The molecule has 0 aromatic heterocycles. The summed E-state index contributed by atoms with van der Waals surface area (Å²) in [5.41, 5.74) is 1.73. The van der Waals surface area contributed by atoms with Crippen LogP contribution in [0.4, 0.5) is 5.69 Å². The molecule has 2 rings (SSSR count). The predicted molar refractivity (Wildman–Crippen MR) is 89.8 cm³/mol. The summed E-state index contributed by atoms with van der Waals surface area (Å²) in [5, 5.41) is 14.3. The molecule has 2 N–H and O–H groups in total. The van der Waals surface area contributed by atoms with E-state index in [-0.39, 0.29) is 11.8 Å². The van der Waals surface area contributed by atoms with Crippen LogP contribution in [-0.4, -0.2) is 32.1 Å². The van der Waals surface area contributed by atoms with Crippen molar-refractivity contribution in [3.63, 3.8) is 0 Å². The highest BCUT2D eigenvalue weighted by atomic mass is 16.5. The second kappa shape index (κ2) is 8.46. The molecule has 0 aliphatic carbocycles. The number of rotatable bonds is 6. The molecule has 0 fully saturated rings. The van der Waals surface area contributed by atoms with E-state index >= 15 is 0 Å². The van der Waals surface area contributed by atoms with E-state index in [1.807, 2.05) is 6.07 Å². The molecule has 0 bridgehead atoms. The molecule has 0 radical (unpaired) electrons. The lowest BCUT2D eigenvalue weighted by molar-refractivity contribution is 0.0937. The van der Waals surface area contributed by atoms with Crippen LogP contribution in [0.5, 0.6) is 0 Å². The molecule has 0 saturated carbocycles. The maximum Gasteiger partial charge on any atom is 0.255 e. The van der Waals surface area contributed by atoms with Crippen LogP contribution in [0.15, 0.2) is 48.5 Å². The van der Waals surface area contributed by atoms with Gasteiger partial charge in [0.25, 0.3) is 11.8 Å². The first-order valence-electron chi connectivity index (χ1n) is 7.33. The Morgan fingerprint density at radius 3 is 2.50 bits per heavy atom. The lowest BCUT2D eigenvalue weighted by Crippen LogP contribution is -2.27. The van der Waals surface area contributed by atoms with E-state index in [1.54, 1.807) is 49.6 Å². The summed E-state index contributed by atoms with van der Waals surface area (Å²) in [6, 6.07) is 15.1. The van der Waals surface area contributed by atoms with Gasteiger partial charge in [0.05, 0.1) is 18.2 Å². The molecule has 0 unspecified atom stereocenters. The Morgan fingerprint density at radius 1 is 1.08 bits per heavy atom. The van der Waals surface area contributed by atoms with Gasteiger partial charge in [0.15, 0.2) is 0 Å². The molecule has 0 atom stereocenters. The fraction of sp³-hybridized carbons (Fsp3) is 0.167. The van der Waals surface area contributed by atoms with Crippen LogP contribution in [-0.2, 0) is 4.74 Å². The van der Waals surface area contributed by atoms with Gasteiger partial charge in [-0.2, -0.15) is 5.26 Å². The molecule has 2 aromatic carbocycles. The lowest BCUT2D eigenvalue weighted by Gasteiger charge is -2.08. The first-order valence-corrected chi connectivity index (χ1v) is 7.33. The van der Waals surface area contributed by atoms with Gasteiger partial charge in [0.1, 0.15) is 0 Å². The van der Waals surface area contributed by atoms with Crippen molar-refractivity contribution in [3.8, 4) is 6.07 Å². The smallest absolute Gasteiger partial charge is 0.255 e. The fourth-order valence-corrected chi connectivity index (χ4v) is 2.04. The quantitative estimate of drug-likeness (QED) is 0.797. The number of ether oxygens (including phenoxy) is 1. The van der Waals surface area contributed by atoms with Crippen molar-refractivity contribution in [1.29, 1.82) is 5.26 Å². The van der Waals surface area contributed by atoms with E-state index in [0.717, 1.165) is 0 Å². The molecule has 0 aliphatic rings. The van der Waals surface area contributed by atoms with E-state index in [1.165, 1.54) is 6.07 Å². The average molecular weight is 323 g/mol. The second-order valence-electron chi connectivity index (χ2n) is 4.98. The Morgan fingerprint density at radius 2 is 1.79 bits per heavy atom. The number of hydrogen-bond donors (Lipinski definition) is 2. The summed E-state index contributed by atoms with van der Waals surface area (Å²) in [6.07, 6.45) is 0. The van der Waals surface area contributed by atoms with Crippen LogP contribution < -0.4 is 10.6 Å². The van der Waals surface area contributed by atoms with Gasteiger partial charge in [-0.1, -0.05) is 12.1 Å². The zero-order valence-corrected chi connectivity index (χ0v) is 13.2. The number of nitrogens with zero attached hydrogens (tertiary/aromatic N) is 1. The first kappa shape index (κ1) is 17.2. The van der Waals surface area contributed by atoms with Crippen molar-refractivity contribution in [2.24, 2.45) is 0 Å². The van der Waals surface area contributed by atoms with E-state index in [2.05, 4.69) is 10.6 Å². The lowest BCUT2D eigenvalue weighted by atomic mass is 10.1. The van der Waals surface area contributed by atoms with Crippen molar-refractivity contribution in [3.05, 3.63) is 65.2 Å². The molecule has 6 heteroatoms. The van der Waals surface area contributed by atoms with Crippen molar-refractivity contribution in [1.82, 2.24) is 5.32 Å². The van der Waals surface area contributed by atoms with Gasteiger partial charge in [-0.15, -0.1) is 0 Å². The maximum absolute atomic E-state index is 12.3. The topological polar surface area (TPSA) is 91.2 Å². The van der Waals surface area contributed by atoms with Crippen LogP contribution in [0.2, 0.25) is 0 Å². The molecule has 2 amide bonds. The average Bonchev–Trinajstić information content (AvgIpc) is 2.62. The molecule has 24 heavy (non-hydrogen) atoms. The minimum absolute atomic E-state index is 0.270. The molecular formula is C18H17N3O3. The summed E-state index contributed by atoms with van der Waals surface area (Å²) in [5.74, 6) is -0.621. The van der Waals surface area contributed by atoms with Gasteiger partial charge < -0.3 is 15.4 Å². The highest BCUT2D eigenvalue weighted by Gasteiger charge is 2.10. The summed E-state index contributed by atoms with van der Waals surface area (Å²) >= 11 is 0. The summed E-state index contributed by atoms with van der Waals surface area (Å²) in [6.45, 7) is 0.813. The Hall–Kier alpha value is -3.17. The van der Waals surface area contributed by atoms with Gasteiger partial charge in [0.2, 0.25) is 0 Å². The van der Waals surface area contributed by atoms with Gasteiger partial charge in [-0.25, -0.2) is 0 Å². The highest BCUT2D eigenvalue weighted by molar-refractivity contribution is 6.06. The number of nitrogens with one attached hydrogen (secondary N) is 2. The number of anilines is 1. The van der Waals surface area contributed by atoms with Crippen molar-refractivity contribution in [2.75, 3.05) is 25.6 Å². The van der Waals surface area contributed by atoms with Crippen LogP contribution >= 0.6 is 0 Å². The van der Waals surface area contributed by atoms with Gasteiger partial charge >= 0.3 is 0 Å². The Bertz CT molecular complexity index is 781. The van der Waals surface area contributed by atoms with E-state index in [9.17, 15) is 9.59 Å². The third kappa shape index (κ3) is 4.66. The number of amides is 2. The highest BCUT2D eigenvalue weighted by Crippen LogP contribution is 2.13. The maximum atomic E-state index is 12.3. The summed E-state index contributed by atoms with van der Waals surface area (Å²) < 4.78 is 4.87. The third-order valence-corrected chi connectivity index (χ3v) is 3.23. The molecule has 0 spiro atoms. The Labute approximate surface area is 140 Å². The normalized spacial score (nSPS) is 9.83. The van der Waals surface area contributed by atoms with Crippen molar-refractivity contribution < 1.29 is 14.3 Å². The van der Waals surface area contributed by atoms with Crippen molar-refractivity contribution >= 4 is 17.5 Å². The van der Waals surface area contributed by atoms with E-state index in [0.29, 0.717) is 35.5 Å². The molecule has 6 nitrogen and oxygen atoms in total. The molecule has 0 aliphatic heterocycles. The number of hydrogen-bond acceptors (Lipinski definition) is 4. The SMILES string of the molecule is COCCNC(=O)c1cccc(C(=O)Nc2cccc(C#N)c2)c1. The fourth-order valence-electron chi connectivity index (χ4n) is 2.04. The van der Waals surface area contributed by atoms with Crippen LogP contribution in [0, 0.1) is 11.3 Å². The van der Waals surface area contributed by atoms with Gasteiger partial charge in [-0.05, 0) is 36.4 Å². The van der Waals surface area contributed by atoms with Crippen molar-refractivity contribution in [2.45, 2.75) is 0 Å². The Kier molecular flexibility index (Phi) is 6.06. The number of nitriles is 1. The third-order valence-electron chi connectivity index (χ3n) is 3.23. The molecule has 2 aromatic rings. The minimum Gasteiger partial charge on any atom is -0.383 e. The van der Waals surface area contributed by atoms with Crippen LogP contribution in [0.25, 0.3) is 0 Å². The molecule has 0 saturated heterocycles. The summed E-state index contributed by atoms with van der Waals surface area (Å²) in [4.78, 5) is 24.3. The van der Waals surface area contributed by atoms with Gasteiger partial charge in [-0.3, -0.25) is 9.59 Å². The minimum atomic E-state index is -0.350. The van der Waals surface area contributed by atoms with Crippen LogP contribution in [0.3, 0.4) is 0 Å². The van der Waals surface area contributed by atoms with E-state index in [4.69, 9.17) is 10.00 Å². The zero-order chi connectivity index (χ0) is 17.4. The molecule has 0 heterocycles. The number of carbonyl (C=O) groups excluding carboxylic acids is 2. The number of methoxy groups -OCH3 is 1. The zero-order valence-electron chi connectivity index (χ0n) is 13.2. The monoisotopic (exact) mass is 323 g/mol. The number of carbonyl (C=O) groups is 2. The first-order chi connectivity index (χ1) is 11.6. The number of benzene rings is 2. The largest absolute Gasteiger partial charge is 0.383 e. The standard InChI is InChI=1S/C18H17N3O3/c1-24-9-8-20-17(22)14-5-3-6-15(11-14)18(23)21-16-7-2-4-13(10-16)12-19/h2-7,10-11H,8-9H2,1H3,(H,20,22)(H,21,23). The predicted octanol–water partition coefficient (Wildman–Crippen LogP) is 2.19.